The number of hydrogen-bond acceptors (Lipinski definition) is 4. The van der Waals surface area contributed by atoms with Crippen LogP contribution in [0.3, 0.4) is 0 Å². The van der Waals surface area contributed by atoms with Gasteiger partial charge in [-0.15, -0.1) is 0 Å². The summed E-state index contributed by atoms with van der Waals surface area (Å²) >= 11 is 0. The number of benzene rings is 2. The Kier molecular flexibility index (Phi) is 4.85. The quantitative estimate of drug-likeness (QED) is 0.647. The van der Waals surface area contributed by atoms with Gasteiger partial charge in [0.15, 0.2) is 17.3 Å². The normalized spacial score (nSPS) is 13.1. The van der Waals surface area contributed by atoms with E-state index < -0.39 is 0 Å². The first-order valence-corrected chi connectivity index (χ1v) is 8.67. The van der Waals surface area contributed by atoms with Crippen LogP contribution in [0.4, 0.5) is 0 Å². The molecule has 2 aromatic carbocycles. The summed E-state index contributed by atoms with van der Waals surface area (Å²) < 4.78 is 5.91. The van der Waals surface area contributed by atoms with E-state index in [1.807, 2.05) is 13.8 Å². The van der Waals surface area contributed by atoms with Gasteiger partial charge in [-0.2, -0.15) is 0 Å². The summed E-state index contributed by atoms with van der Waals surface area (Å²) in [5, 5.41) is 0. The standard InChI is InChI=1S/C22H20O4/c1-4-15(23)11-9-14-10-12-18-19(22(14)26-13(2)3)21(25)17-8-6-5-7-16(17)20(18)24/h5-13H,4H2,1-3H3. The van der Waals surface area contributed by atoms with Crippen LogP contribution < -0.4 is 4.74 Å². The maximum absolute atomic E-state index is 13.1. The van der Waals surface area contributed by atoms with Crippen molar-refractivity contribution >= 4 is 23.4 Å². The van der Waals surface area contributed by atoms with E-state index in [2.05, 4.69) is 0 Å². The summed E-state index contributed by atoms with van der Waals surface area (Å²) in [5.41, 5.74) is 2.01. The van der Waals surface area contributed by atoms with Crippen LogP contribution in [-0.2, 0) is 4.79 Å². The lowest BCUT2D eigenvalue weighted by Gasteiger charge is -2.23. The van der Waals surface area contributed by atoms with Crippen LogP contribution in [0, 0.1) is 0 Å². The maximum Gasteiger partial charge on any atom is 0.198 e. The lowest BCUT2D eigenvalue weighted by Crippen LogP contribution is -2.23. The molecule has 0 amide bonds. The van der Waals surface area contributed by atoms with Gasteiger partial charge in [0.1, 0.15) is 5.75 Å². The molecule has 0 heterocycles. The zero-order valence-corrected chi connectivity index (χ0v) is 15.0. The van der Waals surface area contributed by atoms with Crippen molar-refractivity contribution in [2.45, 2.75) is 33.3 Å². The van der Waals surface area contributed by atoms with E-state index in [-0.39, 0.29) is 29.0 Å². The van der Waals surface area contributed by atoms with Gasteiger partial charge in [-0.3, -0.25) is 14.4 Å². The zero-order valence-electron chi connectivity index (χ0n) is 15.0. The molecule has 2 aromatic rings. The topological polar surface area (TPSA) is 60.4 Å². The smallest absolute Gasteiger partial charge is 0.198 e. The largest absolute Gasteiger partial charge is 0.490 e. The van der Waals surface area contributed by atoms with E-state index in [1.165, 1.54) is 6.08 Å². The molecule has 0 unspecified atom stereocenters. The number of rotatable bonds is 5. The van der Waals surface area contributed by atoms with Gasteiger partial charge in [0.25, 0.3) is 0 Å². The van der Waals surface area contributed by atoms with Gasteiger partial charge >= 0.3 is 0 Å². The van der Waals surface area contributed by atoms with E-state index in [1.54, 1.807) is 49.4 Å². The van der Waals surface area contributed by atoms with Crippen molar-refractivity contribution in [1.82, 2.24) is 0 Å². The summed E-state index contributed by atoms with van der Waals surface area (Å²) in [6.07, 6.45) is 3.32. The molecule has 132 valence electrons. The first-order chi connectivity index (χ1) is 12.4. The zero-order chi connectivity index (χ0) is 18.8. The van der Waals surface area contributed by atoms with Gasteiger partial charge in [-0.05, 0) is 32.1 Å². The SMILES string of the molecule is CCC(=O)C=Cc1ccc2c(c1OC(C)C)C(=O)c1ccccc1C2=O. The van der Waals surface area contributed by atoms with Crippen molar-refractivity contribution in [3.8, 4) is 5.75 Å². The average Bonchev–Trinajstić information content (AvgIpc) is 2.64. The Morgan fingerprint density at radius 2 is 1.65 bits per heavy atom. The number of ketones is 3. The third kappa shape index (κ3) is 3.10. The number of carbonyl (C=O) groups is 3. The van der Waals surface area contributed by atoms with Crippen LogP contribution in [0.2, 0.25) is 0 Å². The molecule has 0 aliphatic heterocycles. The van der Waals surface area contributed by atoms with Gasteiger partial charge in [-0.25, -0.2) is 0 Å². The predicted octanol–water partition coefficient (Wildman–Crippen LogP) is 4.24. The summed E-state index contributed by atoms with van der Waals surface area (Å²) in [7, 11) is 0. The molecule has 0 N–H and O–H groups in total. The first kappa shape index (κ1) is 17.8. The molecule has 1 aliphatic carbocycles. The van der Waals surface area contributed by atoms with Crippen molar-refractivity contribution in [1.29, 1.82) is 0 Å². The summed E-state index contributed by atoms with van der Waals surface area (Å²) in [5.74, 6) is -0.0941. The fraction of sp³-hybridized carbons (Fsp3) is 0.227. The minimum absolute atomic E-state index is 0.0223. The Bertz CT molecular complexity index is 935. The molecule has 0 spiro atoms. The molecular formula is C22H20O4. The van der Waals surface area contributed by atoms with Crippen molar-refractivity contribution in [2.24, 2.45) is 0 Å². The Morgan fingerprint density at radius 1 is 1.00 bits per heavy atom. The number of ether oxygens (including phenoxy) is 1. The molecular weight excluding hydrogens is 328 g/mol. The summed E-state index contributed by atoms with van der Waals surface area (Å²) in [6.45, 7) is 5.49. The molecule has 26 heavy (non-hydrogen) atoms. The molecule has 0 saturated heterocycles. The van der Waals surface area contributed by atoms with E-state index in [4.69, 9.17) is 4.74 Å². The lowest BCUT2D eigenvalue weighted by molar-refractivity contribution is -0.114. The van der Waals surface area contributed by atoms with Crippen molar-refractivity contribution in [3.63, 3.8) is 0 Å². The van der Waals surface area contributed by atoms with Gasteiger partial charge in [-0.1, -0.05) is 37.3 Å². The average molecular weight is 348 g/mol. The molecule has 0 aromatic heterocycles. The van der Waals surface area contributed by atoms with Gasteiger partial charge in [0, 0.05) is 28.7 Å². The van der Waals surface area contributed by atoms with Crippen LogP contribution in [0.15, 0.2) is 42.5 Å². The van der Waals surface area contributed by atoms with Gasteiger partial charge in [0.2, 0.25) is 0 Å². The number of allylic oxidation sites excluding steroid dienone is 1. The Labute approximate surface area is 152 Å². The minimum atomic E-state index is -0.233. The Hall–Kier alpha value is -3.01. The van der Waals surface area contributed by atoms with Crippen molar-refractivity contribution < 1.29 is 19.1 Å². The van der Waals surface area contributed by atoms with Crippen LogP contribution in [0.1, 0.15) is 64.6 Å². The second-order valence-corrected chi connectivity index (χ2v) is 6.43. The van der Waals surface area contributed by atoms with Crippen LogP contribution in [-0.4, -0.2) is 23.5 Å². The van der Waals surface area contributed by atoms with Crippen LogP contribution >= 0.6 is 0 Å². The number of hydrogen-bond donors (Lipinski definition) is 0. The van der Waals surface area contributed by atoms with Gasteiger partial charge < -0.3 is 4.74 Å². The minimum Gasteiger partial charge on any atom is -0.490 e. The first-order valence-electron chi connectivity index (χ1n) is 8.67. The maximum atomic E-state index is 13.1. The third-order valence-electron chi connectivity index (χ3n) is 4.23. The molecule has 1 aliphatic rings. The number of carbonyl (C=O) groups excluding carboxylic acids is 3. The number of fused-ring (bicyclic) bond motifs is 2. The third-order valence-corrected chi connectivity index (χ3v) is 4.23. The lowest BCUT2D eigenvalue weighted by atomic mass is 9.82. The van der Waals surface area contributed by atoms with Crippen LogP contribution in [0.25, 0.3) is 6.08 Å². The van der Waals surface area contributed by atoms with Crippen molar-refractivity contribution in [2.75, 3.05) is 0 Å². The van der Waals surface area contributed by atoms with Crippen LogP contribution in [0.5, 0.6) is 5.75 Å². The summed E-state index contributed by atoms with van der Waals surface area (Å²) in [4.78, 5) is 37.6. The van der Waals surface area contributed by atoms with Crippen molar-refractivity contribution in [3.05, 3.63) is 70.3 Å². The Balaban J connectivity index is 2.21. The molecule has 0 atom stereocenters. The molecule has 0 fully saturated rings. The molecule has 0 saturated carbocycles. The van der Waals surface area contributed by atoms with Gasteiger partial charge in [0.05, 0.1) is 11.7 Å². The monoisotopic (exact) mass is 348 g/mol. The Morgan fingerprint density at radius 3 is 2.27 bits per heavy atom. The highest BCUT2D eigenvalue weighted by molar-refractivity contribution is 6.29. The summed E-state index contributed by atoms with van der Waals surface area (Å²) in [6, 6.07) is 10.1. The highest BCUT2D eigenvalue weighted by Gasteiger charge is 2.33. The molecule has 0 bridgehead atoms. The highest BCUT2D eigenvalue weighted by atomic mass is 16.5. The molecule has 0 radical (unpaired) electrons. The second kappa shape index (κ2) is 7.08. The molecule has 4 nitrogen and oxygen atoms in total. The fourth-order valence-electron chi connectivity index (χ4n) is 2.97. The van der Waals surface area contributed by atoms with E-state index in [0.29, 0.717) is 34.4 Å². The highest BCUT2D eigenvalue weighted by Crippen LogP contribution is 2.36. The second-order valence-electron chi connectivity index (χ2n) is 6.43. The molecule has 3 rings (SSSR count). The fourth-order valence-corrected chi connectivity index (χ4v) is 2.97. The molecule has 4 heteroatoms. The van der Waals surface area contributed by atoms with E-state index in [0.717, 1.165) is 0 Å². The predicted molar refractivity (Wildman–Crippen MR) is 99.8 cm³/mol. The van der Waals surface area contributed by atoms with E-state index >= 15 is 0 Å². The van der Waals surface area contributed by atoms with E-state index in [9.17, 15) is 14.4 Å².